The first-order valence-corrected chi connectivity index (χ1v) is 7.39. The topological polar surface area (TPSA) is 29.5 Å². The number of esters is 1. The number of halogens is 1. The molecule has 1 heterocycles. The third kappa shape index (κ3) is 3.23. The Bertz CT molecular complexity index is 447. The van der Waals surface area contributed by atoms with Crippen molar-refractivity contribution in [2.75, 3.05) is 20.2 Å². The van der Waals surface area contributed by atoms with E-state index in [1.807, 2.05) is 19.1 Å². The molecule has 0 unspecified atom stereocenters. The highest BCUT2D eigenvalue weighted by molar-refractivity contribution is 14.1. The van der Waals surface area contributed by atoms with Crippen molar-refractivity contribution in [1.29, 1.82) is 0 Å². The summed E-state index contributed by atoms with van der Waals surface area (Å²) >= 11 is 2.50. The van der Waals surface area contributed by atoms with E-state index in [9.17, 15) is 4.79 Å². The van der Waals surface area contributed by atoms with Crippen LogP contribution in [0, 0.1) is 6.92 Å². The van der Waals surface area contributed by atoms with Crippen LogP contribution >= 0.6 is 22.6 Å². The predicted molar refractivity (Wildman–Crippen MR) is 80.2 cm³/mol. The number of methoxy groups -OCH3 is 1. The van der Waals surface area contributed by atoms with Gasteiger partial charge in [-0.1, -0.05) is 34.7 Å². The lowest BCUT2D eigenvalue weighted by Crippen LogP contribution is -2.20. The Morgan fingerprint density at radius 2 is 2.33 bits per heavy atom. The van der Waals surface area contributed by atoms with Gasteiger partial charge in [-0.3, -0.25) is 4.90 Å². The molecule has 1 fully saturated rings. The molecule has 0 N–H and O–H groups in total. The molecule has 0 aromatic heterocycles. The standard InChI is InChI=1S/C14H18INO2/c1-10-3-4-11(7-13(10)14(17)18-2)8-16-6-5-12(15)9-16/h3-4,7,12H,5-6,8-9H2,1-2H3/t12-/m0/s1. The van der Waals surface area contributed by atoms with Gasteiger partial charge in [-0.25, -0.2) is 4.79 Å². The van der Waals surface area contributed by atoms with Gasteiger partial charge >= 0.3 is 5.97 Å². The quantitative estimate of drug-likeness (QED) is 0.472. The smallest absolute Gasteiger partial charge is 0.338 e. The molecule has 1 atom stereocenters. The maximum atomic E-state index is 11.6. The monoisotopic (exact) mass is 359 g/mol. The van der Waals surface area contributed by atoms with E-state index in [4.69, 9.17) is 4.74 Å². The maximum Gasteiger partial charge on any atom is 0.338 e. The summed E-state index contributed by atoms with van der Waals surface area (Å²) in [4.78, 5) is 14.1. The van der Waals surface area contributed by atoms with Crippen LogP contribution in [0.4, 0.5) is 0 Å². The lowest BCUT2D eigenvalue weighted by molar-refractivity contribution is 0.0599. The van der Waals surface area contributed by atoms with Crippen LogP contribution in [0.1, 0.15) is 27.9 Å². The highest BCUT2D eigenvalue weighted by atomic mass is 127. The number of hydrogen-bond acceptors (Lipinski definition) is 3. The summed E-state index contributed by atoms with van der Waals surface area (Å²) in [6.45, 7) is 5.15. The number of ether oxygens (including phenoxy) is 1. The number of carbonyl (C=O) groups excluding carboxylic acids is 1. The number of benzene rings is 1. The molecule has 0 aliphatic carbocycles. The van der Waals surface area contributed by atoms with Crippen LogP contribution in [0.3, 0.4) is 0 Å². The van der Waals surface area contributed by atoms with Gasteiger partial charge in [0, 0.05) is 17.0 Å². The van der Waals surface area contributed by atoms with Gasteiger partial charge in [-0.05, 0) is 37.1 Å². The lowest BCUT2D eigenvalue weighted by Gasteiger charge is -2.16. The van der Waals surface area contributed by atoms with Crippen LogP contribution in [-0.2, 0) is 11.3 Å². The molecule has 0 saturated carbocycles. The summed E-state index contributed by atoms with van der Waals surface area (Å²) < 4.78 is 5.56. The van der Waals surface area contributed by atoms with Crippen molar-refractivity contribution in [2.24, 2.45) is 0 Å². The van der Waals surface area contributed by atoms with Gasteiger partial charge in [0.15, 0.2) is 0 Å². The van der Waals surface area contributed by atoms with E-state index in [0.717, 1.165) is 29.1 Å². The molecule has 1 aromatic rings. The Morgan fingerprint density at radius 3 is 2.94 bits per heavy atom. The molecule has 1 aliphatic rings. The maximum absolute atomic E-state index is 11.6. The normalized spacial score (nSPS) is 20.1. The SMILES string of the molecule is COC(=O)c1cc(CN2CC[C@H](I)C2)ccc1C. The van der Waals surface area contributed by atoms with Gasteiger partial charge in [-0.2, -0.15) is 0 Å². The van der Waals surface area contributed by atoms with Gasteiger partial charge in [0.25, 0.3) is 0 Å². The van der Waals surface area contributed by atoms with Gasteiger partial charge < -0.3 is 4.74 Å². The average molecular weight is 359 g/mol. The Balaban J connectivity index is 2.12. The summed E-state index contributed by atoms with van der Waals surface area (Å²) in [5, 5.41) is 0. The molecule has 3 nitrogen and oxygen atoms in total. The van der Waals surface area contributed by atoms with Crippen LogP contribution in [0.25, 0.3) is 0 Å². The molecule has 98 valence electrons. The second-order valence-corrected chi connectivity index (χ2v) is 6.52. The van der Waals surface area contributed by atoms with E-state index < -0.39 is 0 Å². The zero-order valence-corrected chi connectivity index (χ0v) is 12.9. The fraction of sp³-hybridized carbons (Fsp3) is 0.500. The van der Waals surface area contributed by atoms with Crippen LogP contribution in [-0.4, -0.2) is 35.0 Å². The molecule has 1 aromatic carbocycles. The largest absolute Gasteiger partial charge is 0.465 e. The highest BCUT2D eigenvalue weighted by Gasteiger charge is 2.20. The van der Waals surface area contributed by atoms with Gasteiger partial charge in [0.2, 0.25) is 0 Å². The molecule has 2 rings (SSSR count). The summed E-state index contributed by atoms with van der Waals surface area (Å²) in [5.41, 5.74) is 2.84. The Hall–Kier alpha value is -0.620. The minimum absolute atomic E-state index is 0.248. The van der Waals surface area contributed by atoms with E-state index >= 15 is 0 Å². The average Bonchev–Trinajstić information content (AvgIpc) is 2.76. The molecule has 0 bridgehead atoms. The van der Waals surface area contributed by atoms with Crippen molar-refractivity contribution in [1.82, 2.24) is 4.90 Å². The number of carbonyl (C=O) groups is 1. The van der Waals surface area contributed by atoms with Gasteiger partial charge in [0.05, 0.1) is 12.7 Å². The Morgan fingerprint density at radius 1 is 1.56 bits per heavy atom. The fourth-order valence-corrected chi connectivity index (χ4v) is 3.12. The minimum atomic E-state index is -0.248. The number of nitrogens with zero attached hydrogens (tertiary/aromatic N) is 1. The summed E-state index contributed by atoms with van der Waals surface area (Å²) in [6, 6.07) is 6.06. The third-order valence-corrected chi connectivity index (χ3v) is 4.35. The van der Waals surface area contributed by atoms with Crippen molar-refractivity contribution in [3.05, 3.63) is 34.9 Å². The second kappa shape index (κ2) is 6.02. The van der Waals surface area contributed by atoms with E-state index in [0.29, 0.717) is 5.56 Å². The van der Waals surface area contributed by atoms with E-state index in [1.54, 1.807) is 0 Å². The molecule has 0 spiro atoms. The lowest BCUT2D eigenvalue weighted by atomic mass is 10.0. The van der Waals surface area contributed by atoms with Crippen LogP contribution in [0.5, 0.6) is 0 Å². The zero-order valence-electron chi connectivity index (χ0n) is 10.8. The first-order valence-electron chi connectivity index (χ1n) is 6.14. The first kappa shape index (κ1) is 13.8. The molecular formula is C14H18INO2. The molecule has 1 saturated heterocycles. The first-order chi connectivity index (χ1) is 8.60. The molecular weight excluding hydrogens is 341 g/mol. The van der Waals surface area contributed by atoms with Gasteiger partial charge in [0.1, 0.15) is 0 Å². The molecule has 18 heavy (non-hydrogen) atoms. The van der Waals surface area contributed by atoms with Crippen molar-refractivity contribution in [3.8, 4) is 0 Å². The number of aryl methyl sites for hydroxylation is 1. The number of rotatable bonds is 3. The van der Waals surface area contributed by atoms with Crippen molar-refractivity contribution < 1.29 is 9.53 Å². The third-order valence-electron chi connectivity index (χ3n) is 3.33. The van der Waals surface area contributed by atoms with Crippen molar-refractivity contribution in [2.45, 2.75) is 23.8 Å². The van der Waals surface area contributed by atoms with Crippen molar-refractivity contribution >= 4 is 28.6 Å². The molecule has 0 radical (unpaired) electrons. The molecule has 0 amide bonds. The minimum Gasteiger partial charge on any atom is -0.465 e. The number of alkyl halides is 1. The van der Waals surface area contributed by atoms with Crippen molar-refractivity contribution in [3.63, 3.8) is 0 Å². The summed E-state index contributed by atoms with van der Waals surface area (Å²) in [6.07, 6.45) is 1.26. The zero-order chi connectivity index (χ0) is 13.1. The summed E-state index contributed by atoms with van der Waals surface area (Å²) in [7, 11) is 1.43. The summed E-state index contributed by atoms with van der Waals surface area (Å²) in [5.74, 6) is -0.248. The van der Waals surface area contributed by atoms with Gasteiger partial charge in [-0.15, -0.1) is 0 Å². The fourth-order valence-electron chi connectivity index (χ4n) is 2.28. The molecule has 1 aliphatic heterocycles. The van der Waals surface area contributed by atoms with Crippen LogP contribution in [0.15, 0.2) is 18.2 Å². The number of hydrogen-bond donors (Lipinski definition) is 0. The van der Waals surface area contributed by atoms with E-state index in [-0.39, 0.29) is 5.97 Å². The second-order valence-electron chi connectivity index (χ2n) is 4.76. The highest BCUT2D eigenvalue weighted by Crippen LogP contribution is 2.20. The van der Waals surface area contributed by atoms with E-state index in [1.165, 1.54) is 19.1 Å². The Kier molecular flexibility index (Phi) is 4.61. The molecule has 4 heteroatoms. The van der Waals surface area contributed by atoms with E-state index in [2.05, 4.69) is 33.6 Å². The Labute approximate surface area is 122 Å². The predicted octanol–water partition coefficient (Wildman–Crippen LogP) is 2.79. The van der Waals surface area contributed by atoms with Crippen LogP contribution in [0.2, 0.25) is 0 Å². The number of likely N-dealkylation sites (tertiary alicyclic amines) is 1. The van der Waals surface area contributed by atoms with Crippen LogP contribution < -0.4 is 0 Å².